The number of benzene rings is 1. The number of carbonyl (C=O) groups excluding carboxylic acids is 1. The number of carbonyl (C=O) groups is 1. The van der Waals surface area contributed by atoms with E-state index in [1.807, 2.05) is 19.1 Å². The highest BCUT2D eigenvalue weighted by atomic mass is 35.5. The fraction of sp³-hybridized carbons (Fsp3) is 0.154. The summed E-state index contributed by atoms with van der Waals surface area (Å²) < 4.78 is 0. The van der Waals surface area contributed by atoms with Crippen LogP contribution in [0.15, 0.2) is 36.7 Å². The quantitative estimate of drug-likeness (QED) is 0.900. The Morgan fingerprint density at radius 3 is 2.53 bits per heavy atom. The van der Waals surface area contributed by atoms with Gasteiger partial charge in [-0.15, -0.1) is 0 Å². The van der Waals surface area contributed by atoms with Crippen LogP contribution < -0.4 is 11.1 Å². The molecule has 19 heavy (non-hydrogen) atoms. The van der Waals surface area contributed by atoms with Crippen LogP contribution in [-0.2, 0) is 0 Å². The van der Waals surface area contributed by atoms with Crippen LogP contribution in [0.2, 0.25) is 5.02 Å². The maximum absolute atomic E-state index is 12.0. The third-order valence-electron chi connectivity index (χ3n) is 2.66. The summed E-state index contributed by atoms with van der Waals surface area (Å²) in [6.07, 6.45) is 2.87. The average molecular weight is 277 g/mol. The number of nitrogens with zero attached hydrogens (tertiary/aromatic N) is 2. The molecule has 0 radical (unpaired) electrons. The van der Waals surface area contributed by atoms with Crippen molar-refractivity contribution >= 4 is 23.3 Å². The number of hydrogen-bond acceptors (Lipinski definition) is 4. The van der Waals surface area contributed by atoms with E-state index in [-0.39, 0.29) is 23.5 Å². The summed E-state index contributed by atoms with van der Waals surface area (Å²) in [4.78, 5) is 19.7. The number of aromatic nitrogens is 2. The van der Waals surface area contributed by atoms with Crippen molar-refractivity contribution in [2.45, 2.75) is 13.0 Å². The molecular weight excluding hydrogens is 264 g/mol. The molecule has 6 heteroatoms. The van der Waals surface area contributed by atoms with Crippen LogP contribution in [0.5, 0.6) is 0 Å². The molecule has 1 amide bonds. The van der Waals surface area contributed by atoms with Crippen molar-refractivity contribution < 1.29 is 4.79 Å². The normalized spacial score (nSPS) is 11.9. The zero-order valence-corrected chi connectivity index (χ0v) is 11.1. The summed E-state index contributed by atoms with van der Waals surface area (Å²) in [5.41, 5.74) is 6.68. The summed E-state index contributed by atoms with van der Waals surface area (Å²) in [6.45, 7) is 1.87. The molecule has 98 valence electrons. The second-order valence-electron chi connectivity index (χ2n) is 4.04. The second-order valence-corrected chi connectivity index (χ2v) is 4.47. The van der Waals surface area contributed by atoms with Crippen LogP contribution in [-0.4, -0.2) is 15.9 Å². The highest BCUT2D eigenvalue weighted by Gasteiger charge is 2.15. The van der Waals surface area contributed by atoms with Gasteiger partial charge in [0.2, 0.25) is 0 Å². The van der Waals surface area contributed by atoms with Crippen LogP contribution in [0.25, 0.3) is 0 Å². The summed E-state index contributed by atoms with van der Waals surface area (Å²) in [5, 5.41) is 3.46. The Hall–Kier alpha value is -2.14. The summed E-state index contributed by atoms with van der Waals surface area (Å²) in [5.74, 6) is -0.239. The lowest BCUT2D eigenvalue weighted by Gasteiger charge is -2.14. The topological polar surface area (TPSA) is 80.9 Å². The van der Waals surface area contributed by atoms with Crippen LogP contribution in [0.1, 0.15) is 29.0 Å². The number of amides is 1. The monoisotopic (exact) mass is 276 g/mol. The van der Waals surface area contributed by atoms with Crippen molar-refractivity contribution in [3.05, 3.63) is 52.9 Å². The third-order valence-corrected chi connectivity index (χ3v) is 2.91. The summed E-state index contributed by atoms with van der Waals surface area (Å²) >= 11 is 5.82. The van der Waals surface area contributed by atoms with E-state index in [4.69, 9.17) is 17.3 Å². The van der Waals surface area contributed by atoms with Gasteiger partial charge < -0.3 is 11.1 Å². The molecule has 0 aliphatic heterocycles. The molecule has 0 unspecified atom stereocenters. The number of nitrogen functional groups attached to an aromatic ring is 1. The molecule has 2 rings (SSSR count). The van der Waals surface area contributed by atoms with E-state index < -0.39 is 0 Å². The van der Waals surface area contributed by atoms with Gasteiger partial charge in [-0.3, -0.25) is 4.79 Å². The molecule has 0 fully saturated rings. The maximum Gasteiger partial charge on any atom is 0.274 e. The Kier molecular flexibility index (Phi) is 3.97. The molecule has 5 nitrogen and oxygen atoms in total. The molecule has 0 spiro atoms. The Bertz CT molecular complexity index is 585. The first-order chi connectivity index (χ1) is 9.08. The molecule has 0 bridgehead atoms. The molecule has 1 aromatic heterocycles. The molecule has 0 saturated heterocycles. The molecule has 1 aromatic carbocycles. The van der Waals surface area contributed by atoms with Gasteiger partial charge in [0.25, 0.3) is 5.91 Å². The Morgan fingerprint density at radius 1 is 1.26 bits per heavy atom. The Morgan fingerprint density at radius 2 is 1.89 bits per heavy atom. The second kappa shape index (κ2) is 5.67. The first kappa shape index (κ1) is 13.3. The van der Waals surface area contributed by atoms with Gasteiger partial charge in [-0.25, -0.2) is 9.97 Å². The number of hydrogen-bond donors (Lipinski definition) is 2. The smallest absolute Gasteiger partial charge is 0.274 e. The fourth-order valence-corrected chi connectivity index (χ4v) is 1.75. The predicted molar refractivity (Wildman–Crippen MR) is 73.8 cm³/mol. The van der Waals surface area contributed by atoms with Crippen LogP contribution in [0.3, 0.4) is 0 Å². The van der Waals surface area contributed by atoms with Gasteiger partial charge >= 0.3 is 0 Å². The summed E-state index contributed by atoms with van der Waals surface area (Å²) in [6, 6.07) is 7.08. The summed E-state index contributed by atoms with van der Waals surface area (Å²) in [7, 11) is 0. The van der Waals surface area contributed by atoms with Gasteiger partial charge in [0, 0.05) is 17.4 Å². The number of rotatable bonds is 3. The van der Waals surface area contributed by atoms with Crippen molar-refractivity contribution in [2.24, 2.45) is 0 Å². The molecule has 0 aliphatic rings. The van der Waals surface area contributed by atoms with Crippen molar-refractivity contribution in [1.82, 2.24) is 15.3 Å². The van der Waals surface area contributed by atoms with Crippen LogP contribution in [0.4, 0.5) is 5.82 Å². The molecule has 2 aromatic rings. The van der Waals surface area contributed by atoms with Gasteiger partial charge in [0.05, 0.1) is 6.04 Å². The van der Waals surface area contributed by atoms with Crippen molar-refractivity contribution in [1.29, 1.82) is 0 Å². The highest BCUT2D eigenvalue weighted by molar-refractivity contribution is 6.30. The number of halogens is 1. The molecule has 1 heterocycles. The standard InChI is InChI=1S/C13H13ClN4O/c1-8(9-2-4-10(14)5-3-9)18-13(19)11-12(15)17-7-6-16-11/h2-8H,1H3,(H2,15,17)(H,18,19)/t8-/m0/s1. The minimum Gasteiger partial charge on any atom is -0.382 e. The molecule has 0 saturated carbocycles. The zero-order valence-electron chi connectivity index (χ0n) is 10.3. The van der Waals surface area contributed by atoms with E-state index in [1.54, 1.807) is 12.1 Å². The predicted octanol–water partition coefficient (Wildman–Crippen LogP) is 2.20. The van der Waals surface area contributed by atoms with Gasteiger partial charge in [0.15, 0.2) is 11.5 Å². The van der Waals surface area contributed by atoms with Crippen LogP contribution in [0, 0.1) is 0 Å². The first-order valence-electron chi connectivity index (χ1n) is 5.70. The average Bonchev–Trinajstić information content (AvgIpc) is 2.39. The minimum atomic E-state index is -0.354. The van der Waals surface area contributed by atoms with Gasteiger partial charge in [0.1, 0.15) is 0 Å². The Balaban J connectivity index is 2.11. The van der Waals surface area contributed by atoms with E-state index in [2.05, 4.69) is 15.3 Å². The lowest BCUT2D eigenvalue weighted by Crippen LogP contribution is -2.28. The largest absolute Gasteiger partial charge is 0.382 e. The van der Waals surface area contributed by atoms with E-state index in [1.165, 1.54) is 12.4 Å². The maximum atomic E-state index is 12.0. The minimum absolute atomic E-state index is 0.114. The molecule has 1 atom stereocenters. The SMILES string of the molecule is C[C@H](NC(=O)c1nccnc1N)c1ccc(Cl)cc1. The highest BCUT2D eigenvalue weighted by Crippen LogP contribution is 2.16. The van der Waals surface area contributed by atoms with Crippen molar-refractivity contribution in [2.75, 3.05) is 5.73 Å². The van der Waals surface area contributed by atoms with E-state index in [9.17, 15) is 4.79 Å². The Labute approximate surface area is 115 Å². The van der Waals surface area contributed by atoms with Crippen molar-refractivity contribution in [3.8, 4) is 0 Å². The van der Waals surface area contributed by atoms with Gasteiger partial charge in [-0.05, 0) is 24.6 Å². The van der Waals surface area contributed by atoms with E-state index in [0.717, 1.165) is 5.56 Å². The van der Waals surface area contributed by atoms with Crippen molar-refractivity contribution in [3.63, 3.8) is 0 Å². The third kappa shape index (κ3) is 3.20. The fourth-order valence-electron chi connectivity index (χ4n) is 1.62. The molecular formula is C13H13ClN4O. The number of anilines is 1. The molecule has 3 N–H and O–H groups in total. The van der Waals surface area contributed by atoms with E-state index >= 15 is 0 Å². The van der Waals surface area contributed by atoms with E-state index in [0.29, 0.717) is 5.02 Å². The zero-order chi connectivity index (χ0) is 13.8. The molecule has 0 aliphatic carbocycles. The lowest BCUT2D eigenvalue weighted by molar-refractivity contribution is 0.0935. The lowest BCUT2D eigenvalue weighted by atomic mass is 10.1. The number of nitrogens with one attached hydrogen (secondary N) is 1. The van der Waals surface area contributed by atoms with Gasteiger partial charge in [-0.1, -0.05) is 23.7 Å². The number of nitrogens with two attached hydrogens (primary N) is 1. The van der Waals surface area contributed by atoms with Gasteiger partial charge in [-0.2, -0.15) is 0 Å². The first-order valence-corrected chi connectivity index (χ1v) is 6.08. The van der Waals surface area contributed by atoms with Crippen LogP contribution >= 0.6 is 11.6 Å².